The monoisotopic (exact) mass is 484 g/mol. The van der Waals surface area contributed by atoms with Crippen molar-refractivity contribution in [3.05, 3.63) is 89.1 Å². The number of thioether (sulfide) groups is 1. The van der Waals surface area contributed by atoms with Crippen molar-refractivity contribution in [1.29, 1.82) is 0 Å². The molecule has 0 bridgehead atoms. The molecule has 35 heavy (non-hydrogen) atoms. The molecule has 0 N–H and O–H groups in total. The van der Waals surface area contributed by atoms with Gasteiger partial charge in [0.15, 0.2) is 11.0 Å². The molecule has 0 aliphatic carbocycles. The fraction of sp³-hybridized carbons (Fsp3) is 0.167. The largest absolute Gasteiger partial charge is 0.467 e. The first-order chi connectivity index (χ1) is 17.2. The molecule has 10 nitrogen and oxygen atoms in total. The Labute approximate surface area is 203 Å². The molecule has 0 amide bonds. The maximum Gasteiger partial charge on any atom is 0.262 e. The smallest absolute Gasteiger partial charge is 0.262 e. The first-order valence-electron chi connectivity index (χ1n) is 11.1. The van der Waals surface area contributed by atoms with E-state index in [0.717, 1.165) is 22.7 Å². The van der Waals surface area contributed by atoms with Gasteiger partial charge < -0.3 is 4.42 Å². The Morgan fingerprint density at radius 3 is 2.69 bits per heavy atom. The highest BCUT2D eigenvalue weighted by atomic mass is 32.2. The van der Waals surface area contributed by atoms with Crippen LogP contribution in [0.3, 0.4) is 0 Å². The van der Waals surface area contributed by atoms with Crippen LogP contribution in [0.1, 0.15) is 18.5 Å². The van der Waals surface area contributed by atoms with Gasteiger partial charge in [0.2, 0.25) is 5.78 Å². The van der Waals surface area contributed by atoms with E-state index in [9.17, 15) is 4.79 Å². The molecule has 5 aromatic heterocycles. The van der Waals surface area contributed by atoms with Crippen LogP contribution in [0.4, 0.5) is 0 Å². The van der Waals surface area contributed by atoms with Crippen LogP contribution in [0.5, 0.6) is 0 Å². The Hall–Kier alpha value is -4.25. The first-order valence-corrected chi connectivity index (χ1v) is 12.1. The fourth-order valence-corrected chi connectivity index (χ4v) is 4.98. The molecule has 0 atom stereocenters. The molecule has 6 aromatic rings. The van der Waals surface area contributed by atoms with Crippen molar-refractivity contribution in [3.63, 3.8) is 0 Å². The van der Waals surface area contributed by atoms with Gasteiger partial charge in [-0.3, -0.25) is 23.3 Å². The number of para-hydroxylation sites is 1. The molecule has 0 aliphatic rings. The molecular weight excluding hydrogens is 464 g/mol. The molecule has 0 saturated carbocycles. The van der Waals surface area contributed by atoms with Crippen molar-refractivity contribution >= 4 is 28.4 Å². The molecule has 11 heteroatoms. The van der Waals surface area contributed by atoms with Crippen molar-refractivity contribution in [3.8, 4) is 11.4 Å². The van der Waals surface area contributed by atoms with Crippen LogP contribution in [0.15, 0.2) is 81.6 Å². The zero-order chi connectivity index (χ0) is 23.8. The molecule has 0 fully saturated rings. The van der Waals surface area contributed by atoms with Gasteiger partial charge in [0, 0.05) is 24.5 Å². The van der Waals surface area contributed by atoms with Crippen LogP contribution in [0.25, 0.3) is 28.1 Å². The lowest BCUT2D eigenvalue weighted by atomic mass is 10.2. The first kappa shape index (κ1) is 21.3. The molecule has 0 radical (unpaired) electrons. The van der Waals surface area contributed by atoms with Crippen molar-refractivity contribution in [2.24, 2.45) is 0 Å². The second-order valence-electron chi connectivity index (χ2n) is 7.82. The molecule has 0 unspecified atom stereocenters. The van der Waals surface area contributed by atoms with Crippen molar-refractivity contribution in [2.75, 3.05) is 0 Å². The van der Waals surface area contributed by atoms with Crippen LogP contribution in [-0.4, -0.2) is 38.9 Å². The van der Waals surface area contributed by atoms with Gasteiger partial charge in [-0.15, -0.1) is 20.4 Å². The van der Waals surface area contributed by atoms with Gasteiger partial charge in [0.1, 0.15) is 11.6 Å². The molecule has 1 aromatic carbocycles. The minimum atomic E-state index is -0.0680. The minimum absolute atomic E-state index is 0.0680. The third kappa shape index (κ3) is 3.69. The molecular formula is C24H20N8O2S. The summed E-state index contributed by atoms with van der Waals surface area (Å²) >= 11 is 1.50. The van der Waals surface area contributed by atoms with Crippen LogP contribution in [-0.2, 0) is 18.8 Å². The second kappa shape index (κ2) is 8.84. The summed E-state index contributed by atoms with van der Waals surface area (Å²) in [7, 11) is 0. The SMILES string of the molecule is CCn1c(=O)c2ccccc2n2c(CSc3nnc(-c4cccnc4)n3Cc3ccco3)nnc12. The molecule has 5 heterocycles. The topological polar surface area (TPSA) is 109 Å². The highest BCUT2D eigenvalue weighted by molar-refractivity contribution is 7.98. The van der Waals surface area contributed by atoms with E-state index >= 15 is 0 Å². The van der Waals surface area contributed by atoms with Gasteiger partial charge in [-0.05, 0) is 43.3 Å². The Morgan fingerprint density at radius 1 is 0.971 bits per heavy atom. The standard InChI is InChI=1S/C24H20N8O2S/c1-2-30-22(33)18-9-3-4-10-19(18)32-20(26-28-23(30)32)15-35-24-29-27-21(16-7-5-11-25-13-16)31(24)14-17-8-6-12-34-17/h3-13H,2,14-15H2,1H3. The number of hydrogen-bond acceptors (Lipinski definition) is 8. The van der Waals surface area contributed by atoms with E-state index in [-0.39, 0.29) is 5.56 Å². The Bertz CT molecular complexity index is 1690. The third-order valence-electron chi connectivity index (χ3n) is 5.75. The van der Waals surface area contributed by atoms with E-state index in [1.54, 1.807) is 23.2 Å². The van der Waals surface area contributed by atoms with Crippen LogP contribution in [0, 0.1) is 0 Å². The third-order valence-corrected chi connectivity index (χ3v) is 6.71. The average Bonchev–Trinajstić information content (AvgIpc) is 3.65. The number of rotatable bonds is 7. The van der Waals surface area contributed by atoms with Crippen LogP contribution >= 0.6 is 11.8 Å². The maximum absolute atomic E-state index is 12.9. The lowest BCUT2D eigenvalue weighted by Crippen LogP contribution is -2.22. The van der Waals surface area contributed by atoms with E-state index in [1.165, 1.54) is 11.8 Å². The summed E-state index contributed by atoms with van der Waals surface area (Å²) in [4.78, 5) is 17.2. The van der Waals surface area contributed by atoms with Crippen molar-refractivity contribution < 1.29 is 4.42 Å². The number of pyridine rings is 1. The summed E-state index contributed by atoms with van der Waals surface area (Å²) in [5.74, 6) is 3.23. The van der Waals surface area contributed by atoms with Crippen LogP contribution < -0.4 is 5.56 Å². The predicted octanol–water partition coefficient (Wildman–Crippen LogP) is 3.65. The summed E-state index contributed by atoms with van der Waals surface area (Å²) in [5, 5.41) is 19.0. The summed E-state index contributed by atoms with van der Waals surface area (Å²) in [6.45, 7) is 2.91. The van der Waals surface area contributed by atoms with Crippen LogP contribution in [0.2, 0.25) is 0 Å². The van der Waals surface area contributed by atoms with Crippen molar-refractivity contribution in [2.45, 2.75) is 30.9 Å². The summed E-state index contributed by atoms with van der Waals surface area (Å²) in [6.07, 6.45) is 5.14. The van der Waals surface area contributed by atoms with E-state index in [4.69, 9.17) is 4.42 Å². The predicted molar refractivity (Wildman–Crippen MR) is 131 cm³/mol. The number of benzene rings is 1. The number of hydrogen-bond donors (Lipinski definition) is 0. The number of furan rings is 1. The summed E-state index contributed by atoms with van der Waals surface area (Å²) in [5.41, 5.74) is 1.58. The quantitative estimate of drug-likeness (QED) is 0.316. The number of aromatic nitrogens is 8. The van der Waals surface area contributed by atoms with E-state index in [1.807, 2.05) is 64.4 Å². The van der Waals surface area contributed by atoms with E-state index in [0.29, 0.717) is 41.0 Å². The van der Waals surface area contributed by atoms with Gasteiger partial charge in [-0.25, -0.2) is 0 Å². The lowest BCUT2D eigenvalue weighted by Gasteiger charge is -2.10. The Morgan fingerprint density at radius 2 is 1.89 bits per heavy atom. The number of nitrogens with zero attached hydrogens (tertiary/aromatic N) is 8. The van der Waals surface area contributed by atoms with Gasteiger partial charge in [0.25, 0.3) is 5.56 Å². The summed E-state index contributed by atoms with van der Waals surface area (Å²) in [6, 6.07) is 15.1. The number of aryl methyl sites for hydroxylation is 1. The highest BCUT2D eigenvalue weighted by Crippen LogP contribution is 2.27. The second-order valence-corrected chi connectivity index (χ2v) is 8.76. The Balaban J connectivity index is 1.41. The molecule has 0 spiro atoms. The van der Waals surface area contributed by atoms with Gasteiger partial charge in [-0.1, -0.05) is 23.9 Å². The average molecular weight is 485 g/mol. The van der Waals surface area contributed by atoms with Gasteiger partial charge in [-0.2, -0.15) is 0 Å². The van der Waals surface area contributed by atoms with Crippen molar-refractivity contribution in [1.82, 2.24) is 38.9 Å². The van der Waals surface area contributed by atoms with Gasteiger partial charge >= 0.3 is 0 Å². The molecule has 0 saturated heterocycles. The molecule has 0 aliphatic heterocycles. The Kier molecular flexibility index (Phi) is 5.38. The molecule has 6 rings (SSSR count). The lowest BCUT2D eigenvalue weighted by molar-refractivity contribution is 0.485. The fourth-order valence-electron chi connectivity index (χ4n) is 4.13. The zero-order valence-corrected chi connectivity index (χ0v) is 19.6. The zero-order valence-electron chi connectivity index (χ0n) is 18.8. The number of fused-ring (bicyclic) bond motifs is 3. The minimum Gasteiger partial charge on any atom is -0.467 e. The van der Waals surface area contributed by atoms with E-state index < -0.39 is 0 Å². The summed E-state index contributed by atoms with van der Waals surface area (Å²) < 4.78 is 11.2. The normalized spacial score (nSPS) is 11.6. The van der Waals surface area contributed by atoms with E-state index in [2.05, 4.69) is 25.4 Å². The molecule has 174 valence electrons. The highest BCUT2D eigenvalue weighted by Gasteiger charge is 2.19. The maximum atomic E-state index is 12.9. The van der Waals surface area contributed by atoms with Gasteiger partial charge in [0.05, 0.1) is 29.5 Å².